The molecule has 0 fully saturated rings. The average Bonchev–Trinajstić information content (AvgIpc) is 2.88. The second-order valence-electron chi connectivity index (χ2n) is 4.86. The monoisotopic (exact) mass is 315 g/mol. The standard InChI is InChI=1S/C15H31N3P2/c1-7-16(8-2)13-14(17(9-3)10-4)19-20-15(13)18(11-5)12-6/h14H,7-12H2,1-6H3. The van der Waals surface area contributed by atoms with Crippen molar-refractivity contribution in [2.75, 3.05) is 39.3 Å². The van der Waals surface area contributed by atoms with Gasteiger partial charge in [-0.15, -0.1) is 0 Å². The highest BCUT2D eigenvalue weighted by molar-refractivity contribution is 7.87. The largest absolute Gasteiger partial charge is 0.372 e. The maximum absolute atomic E-state index is 2.61. The molecule has 0 saturated carbocycles. The molecule has 1 atom stereocenters. The summed E-state index contributed by atoms with van der Waals surface area (Å²) in [6.07, 6.45) is 0. The lowest BCUT2D eigenvalue weighted by molar-refractivity contribution is 0.246. The summed E-state index contributed by atoms with van der Waals surface area (Å²) >= 11 is 0. The highest BCUT2D eigenvalue weighted by Gasteiger charge is 2.31. The fraction of sp³-hybridized carbons (Fsp3) is 0.867. The number of rotatable bonds is 9. The van der Waals surface area contributed by atoms with Crippen LogP contribution in [0.5, 0.6) is 0 Å². The summed E-state index contributed by atoms with van der Waals surface area (Å²) in [6, 6.07) is 0. The predicted molar refractivity (Wildman–Crippen MR) is 93.4 cm³/mol. The summed E-state index contributed by atoms with van der Waals surface area (Å²) in [6.45, 7) is 20.4. The van der Waals surface area contributed by atoms with E-state index in [1.807, 2.05) is 0 Å². The first-order valence-electron chi connectivity index (χ1n) is 8.07. The first-order valence-corrected chi connectivity index (χ1v) is 10.6. The minimum Gasteiger partial charge on any atom is -0.372 e. The summed E-state index contributed by atoms with van der Waals surface area (Å²) in [5, 5.41) is 0. The summed E-state index contributed by atoms with van der Waals surface area (Å²) in [5.74, 6) is 0.585. The third kappa shape index (κ3) is 3.75. The molecule has 1 aliphatic rings. The Morgan fingerprint density at radius 1 is 0.750 bits per heavy atom. The number of likely N-dealkylation sites (N-methyl/N-ethyl adjacent to an activating group) is 2. The van der Waals surface area contributed by atoms with Crippen LogP contribution in [0.4, 0.5) is 0 Å². The number of hydrogen-bond donors (Lipinski definition) is 0. The van der Waals surface area contributed by atoms with E-state index in [-0.39, 0.29) is 0 Å². The van der Waals surface area contributed by atoms with Gasteiger partial charge in [0, 0.05) is 26.2 Å². The number of hydrogen-bond acceptors (Lipinski definition) is 3. The zero-order chi connectivity index (χ0) is 15.1. The van der Waals surface area contributed by atoms with E-state index in [0.29, 0.717) is 5.78 Å². The molecule has 0 radical (unpaired) electrons. The van der Waals surface area contributed by atoms with E-state index in [1.54, 1.807) is 11.1 Å². The van der Waals surface area contributed by atoms with Gasteiger partial charge in [0.25, 0.3) is 0 Å². The lowest BCUT2D eigenvalue weighted by Crippen LogP contribution is -2.40. The molecular formula is C15H31N3P2. The van der Waals surface area contributed by atoms with Crippen LogP contribution < -0.4 is 0 Å². The van der Waals surface area contributed by atoms with Gasteiger partial charge in [-0.3, -0.25) is 4.90 Å². The molecule has 1 rings (SSSR count). The van der Waals surface area contributed by atoms with E-state index in [1.165, 1.54) is 15.7 Å². The minimum absolute atomic E-state index is 0.585. The van der Waals surface area contributed by atoms with Crippen LogP contribution in [-0.2, 0) is 0 Å². The Labute approximate surface area is 128 Å². The van der Waals surface area contributed by atoms with Crippen LogP contribution in [0, 0.1) is 0 Å². The van der Waals surface area contributed by atoms with Crippen LogP contribution in [0.1, 0.15) is 41.5 Å². The van der Waals surface area contributed by atoms with Gasteiger partial charge in [-0.25, -0.2) is 0 Å². The molecule has 1 aliphatic heterocycles. The Kier molecular flexibility index (Phi) is 8.10. The Hall–Kier alpha value is -0.100. The Morgan fingerprint density at radius 2 is 1.25 bits per heavy atom. The molecule has 3 nitrogen and oxygen atoms in total. The van der Waals surface area contributed by atoms with Crippen molar-refractivity contribution >= 4 is 15.7 Å². The normalized spacial score (nSPS) is 19.9. The summed E-state index contributed by atoms with van der Waals surface area (Å²) in [7, 11) is 3.02. The molecule has 0 bridgehead atoms. The molecule has 0 aliphatic carbocycles. The fourth-order valence-corrected chi connectivity index (χ4v) is 6.84. The Balaban J connectivity index is 3.19. The number of nitrogens with zero attached hydrogens (tertiary/aromatic N) is 3. The molecule has 1 heterocycles. The van der Waals surface area contributed by atoms with E-state index in [2.05, 4.69) is 56.2 Å². The van der Waals surface area contributed by atoms with Gasteiger partial charge in [0.05, 0.1) is 16.9 Å². The molecule has 5 heteroatoms. The molecule has 0 N–H and O–H groups in total. The lowest BCUT2D eigenvalue weighted by atomic mass is 10.3. The second kappa shape index (κ2) is 9.03. The average molecular weight is 315 g/mol. The van der Waals surface area contributed by atoms with Crippen LogP contribution in [0.15, 0.2) is 11.1 Å². The first-order chi connectivity index (χ1) is 9.68. The summed E-state index contributed by atoms with van der Waals surface area (Å²) < 4.78 is 0. The third-order valence-electron chi connectivity index (χ3n) is 4.06. The second-order valence-corrected chi connectivity index (χ2v) is 7.50. The maximum Gasteiger partial charge on any atom is 0.0991 e. The zero-order valence-electron chi connectivity index (χ0n) is 14.1. The molecule has 116 valence electrons. The first kappa shape index (κ1) is 18.0. The van der Waals surface area contributed by atoms with E-state index < -0.39 is 0 Å². The van der Waals surface area contributed by atoms with E-state index in [4.69, 9.17) is 0 Å². The van der Waals surface area contributed by atoms with Crippen molar-refractivity contribution in [3.63, 3.8) is 0 Å². The van der Waals surface area contributed by atoms with Crippen LogP contribution in [0.3, 0.4) is 0 Å². The van der Waals surface area contributed by atoms with Gasteiger partial charge in [-0.05, 0) is 56.5 Å². The predicted octanol–water partition coefficient (Wildman–Crippen LogP) is 4.33. The molecule has 0 aromatic carbocycles. The van der Waals surface area contributed by atoms with E-state index in [9.17, 15) is 0 Å². The third-order valence-corrected chi connectivity index (χ3v) is 7.24. The molecule has 0 spiro atoms. The molecule has 20 heavy (non-hydrogen) atoms. The van der Waals surface area contributed by atoms with Gasteiger partial charge < -0.3 is 9.80 Å². The molecule has 0 saturated heterocycles. The van der Waals surface area contributed by atoms with Gasteiger partial charge in [0.15, 0.2) is 0 Å². The van der Waals surface area contributed by atoms with E-state index in [0.717, 1.165) is 39.3 Å². The van der Waals surface area contributed by atoms with Gasteiger partial charge in [0.1, 0.15) is 0 Å². The summed E-state index contributed by atoms with van der Waals surface area (Å²) in [5.41, 5.74) is 3.16. The van der Waals surface area contributed by atoms with Gasteiger partial charge in [0.2, 0.25) is 0 Å². The smallest absolute Gasteiger partial charge is 0.0991 e. The van der Waals surface area contributed by atoms with Crippen molar-refractivity contribution in [1.29, 1.82) is 0 Å². The highest BCUT2D eigenvalue weighted by atomic mass is 31.7. The van der Waals surface area contributed by atoms with Crippen molar-refractivity contribution in [3.8, 4) is 0 Å². The van der Waals surface area contributed by atoms with Crippen LogP contribution >= 0.6 is 15.7 Å². The molecular weight excluding hydrogens is 284 g/mol. The quantitative estimate of drug-likeness (QED) is 0.586. The topological polar surface area (TPSA) is 9.72 Å². The van der Waals surface area contributed by atoms with Gasteiger partial charge >= 0.3 is 0 Å². The Morgan fingerprint density at radius 3 is 1.65 bits per heavy atom. The summed E-state index contributed by atoms with van der Waals surface area (Å²) in [4.78, 5) is 7.73. The minimum atomic E-state index is 0.585. The van der Waals surface area contributed by atoms with Crippen molar-refractivity contribution in [2.24, 2.45) is 0 Å². The van der Waals surface area contributed by atoms with Crippen molar-refractivity contribution in [3.05, 3.63) is 11.1 Å². The van der Waals surface area contributed by atoms with Gasteiger partial charge in [-0.1, -0.05) is 13.8 Å². The molecule has 0 amide bonds. The van der Waals surface area contributed by atoms with Gasteiger partial charge in [-0.2, -0.15) is 0 Å². The molecule has 1 unspecified atom stereocenters. The fourth-order valence-electron chi connectivity index (χ4n) is 2.76. The SMILES string of the molecule is CCN(CC)C1=C(N(CC)CC)C(N(CC)CC)P=P1. The molecule has 0 aromatic rings. The maximum atomic E-state index is 2.61. The lowest BCUT2D eigenvalue weighted by Gasteiger charge is -2.35. The van der Waals surface area contributed by atoms with Crippen molar-refractivity contribution in [2.45, 2.75) is 47.3 Å². The Bertz CT molecular complexity index is 343. The highest BCUT2D eigenvalue weighted by Crippen LogP contribution is 2.47. The zero-order valence-corrected chi connectivity index (χ0v) is 15.8. The van der Waals surface area contributed by atoms with Crippen molar-refractivity contribution < 1.29 is 0 Å². The van der Waals surface area contributed by atoms with Crippen molar-refractivity contribution in [1.82, 2.24) is 14.7 Å². The van der Waals surface area contributed by atoms with Crippen LogP contribution in [0.25, 0.3) is 0 Å². The van der Waals surface area contributed by atoms with E-state index >= 15 is 0 Å². The molecule has 0 aromatic heterocycles. The van der Waals surface area contributed by atoms with Crippen LogP contribution in [-0.4, -0.2) is 59.8 Å². The van der Waals surface area contributed by atoms with Crippen LogP contribution in [0.2, 0.25) is 0 Å².